The molecule has 0 radical (unpaired) electrons. The number of fused-ring (bicyclic) bond motifs is 1. The molecule has 2 rings (SSSR count). The number of carbonyl (C=O) groups is 1. The van der Waals surface area contributed by atoms with Gasteiger partial charge in [0.15, 0.2) is 0 Å². The van der Waals surface area contributed by atoms with E-state index in [2.05, 4.69) is 5.32 Å². The molecule has 4 heteroatoms. The second-order valence-corrected chi connectivity index (χ2v) is 5.06. The zero-order valence-electron chi connectivity index (χ0n) is 11.5. The van der Waals surface area contributed by atoms with E-state index in [1.54, 1.807) is 4.90 Å². The minimum absolute atomic E-state index is 0.0699. The molecule has 0 unspecified atom stereocenters. The van der Waals surface area contributed by atoms with E-state index in [4.69, 9.17) is 5.11 Å². The van der Waals surface area contributed by atoms with E-state index in [0.717, 1.165) is 50.0 Å². The normalized spacial score (nSPS) is 12.9. The van der Waals surface area contributed by atoms with Crippen molar-refractivity contribution in [3.05, 3.63) is 29.3 Å². The van der Waals surface area contributed by atoms with E-state index in [9.17, 15) is 4.79 Å². The number of unbranched alkanes of at least 4 members (excludes halogenated alkanes) is 2. The van der Waals surface area contributed by atoms with Crippen LogP contribution in [0.5, 0.6) is 0 Å². The van der Waals surface area contributed by atoms with Gasteiger partial charge in [-0.15, -0.1) is 0 Å². The third kappa shape index (κ3) is 3.47. The summed E-state index contributed by atoms with van der Waals surface area (Å²) in [6.45, 7) is 1.93. The molecule has 0 saturated heterocycles. The fourth-order valence-electron chi connectivity index (χ4n) is 2.38. The van der Waals surface area contributed by atoms with Crippen molar-refractivity contribution in [1.82, 2.24) is 4.90 Å². The number of benzene rings is 1. The smallest absolute Gasteiger partial charge is 0.253 e. The first-order valence-electron chi connectivity index (χ1n) is 6.95. The predicted molar refractivity (Wildman–Crippen MR) is 76.5 cm³/mol. The van der Waals surface area contributed by atoms with Gasteiger partial charge in [-0.05, 0) is 43.4 Å². The van der Waals surface area contributed by atoms with Crippen molar-refractivity contribution >= 4 is 11.6 Å². The summed E-state index contributed by atoms with van der Waals surface area (Å²) >= 11 is 0. The van der Waals surface area contributed by atoms with E-state index >= 15 is 0 Å². The Morgan fingerprint density at radius 1 is 1.37 bits per heavy atom. The van der Waals surface area contributed by atoms with Crippen molar-refractivity contribution in [2.45, 2.75) is 25.7 Å². The van der Waals surface area contributed by atoms with Crippen molar-refractivity contribution in [1.29, 1.82) is 0 Å². The highest BCUT2D eigenvalue weighted by Crippen LogP contribution is 2.23. The molecule has 1 aromatic carbocycles. The Balaban J connectivity index is 1.91. The molecule has 19 heavy (non-hydrogen) atoms. The summed E-state index contributed by atoms with van der Waals surface area (Å²) in [5.41, 5.74) is 3.14. The second kappa shape index (κ2) is 6.57. The fourth-order valence-corrected chi connectivity index (χ4v) is 2.38. The maximum Gasteiger partial charge on any atom is 0.253 e. The molecular weight excluding hydrogens is 240 g/mol. The summed E-state index contributed by atoms with van der Waals surface area (Å²) in [4.78, 5) is 14.0. The highest BCUT2D eigenvalue weighted by atomic mass is 16.2. The molecule has 104 valence electrons. The zero-order valence-corrected chi connectivity index (χ0v) is 11.5. The lowest BCUT2D eigenvalue weighted by Gasteiger charge is -2.17. The van der Waals surface area contributed by atoms with E-state index < -0.39 is 0 Å². The summed E-state index contributed by atoms with van der Waals surface area (Å²) in [5.74, 6) is 0.0699. The molecule has 1 aromatic rings. The minimum atomic E-state index is 0.0699. The van der Waals surface area contributed by atoms with Crippen LogP contribution in [0.15, 0.2) is 18.2 Å². The van der Waals surface area contributed by atoms with Crippen molar-refractivity contribution < 1.29 is 9.90 Å². The van der Waals surface area contributed by atoms with Gasteiger partial charge in [-0.25, -0.2) is 0 Å². The number of hydrogen-bond donors (Lipinski definition) is 2. The van der Waals surface area contributed by atoms with Crippen LogP contribution < -0.4 is 5.32 Å². The topological polar surface area (TPSA) is 52.6 Å². The SMILES string of the molecule is CN(CCCCCO)C(=O)c1ccc2c(c1)NCC2. The number of nitrogens with zero attached hydrogens (tertiary/aromatic N) is 1. The van der Waals surface area contributed by atoms with Crippen molar-refractivity contribution in [3.63, 3.8) is 0 Å². The minimum Gasteiger partial charge on any atom is -0.396 e. The third-order valence-electron chi connectivity index (χ3n) is 3.56. The Morgan fingerprint density at radius 3 is 3.00 bits per heavy atom. The van der Waals surface area contributed by atoms with Crippen LogP contribution in [0.4, 0.5) is 5.69 Å². The summed E-state index contributed by atoms with van der Waals surface area (Å²) in [5, 5.41) is 12.0. The van der Waals surface area contributed by atoms with Gasteiger partial charge >= 0.3 is 0 Å². The molecule has 0 atom stereocenters. The monoisotopic (exact) mass is 262 g/mol. The summed E-state index contributed by atoms with van der Waals surface area (Å²) in [6.07, 6.45) is 3.75. The molecule has 1 amide bonds. The van der Waals surface area contributed by atoms with E-state index in [0.29, 0.717) is 0 Å². The van der Waals surface area contributed by atoms with Crippen molar-refractivity contribution in [3.8, 4) is 0 Å². The van der Waals surface area contributed by atoms with Gasteiger partial charge in [-0.3, -0.25) is 4.79 Å². The Bertz CT molecular complexity index is 446. The standard InChI is InChI=1S/C15H22N2O2/c1-17(9-3-2-4-10-18)15(19)13-6-5-12-7-8-16-14(12)11-13/h5-6,11,16,18H,2-4,7-10H2,1H3. The Hall–Kier alpha value is -1.55. The number of rotatable bonds is 6. The maximum atomic E-state index is 12.3. The van der Waals surface area contributed by atoms with Crippen LogP contribution in [-0.4, -0.2) is 42.7 Å². The number of amides is 1. The molecule has 0 spiro atoms. The van der Waals surface area contributed by atoms with E-state index in [-0.39, 0.29) is 12.5 Å². The number of nitrogens with one attached hydrogen (secondary N) is 1. The Labute approximate surface area is 114 Å². The number of carbonyl (C=O) groups excluding carboxylic acids is 1. The van der Waals surface area contributed by atoms with E-state index in [1.807, 2.05) is 25.2 Å². The highest BCUT2D eigenvalue weighted by molar-refractivity contribution is 5.95. The van der Waals surface area contributed by atoms with Crippen molar-refractivity contribution in [2.75, 3.05) is 32.1 Å². The molecule has 2 N–H and O–H groups in total. The van der Waals surface area contributed by atoms with Gasteiger partial charge in [0, 0.05) is 38.0 Å². The number of hydrogen-bond acceptors (Lipinski definition) is 3. The van der Waals surface area contributed by atoms with Gasteiger partial charge in [0.1, 0.15) is 0 Å². The summed E-state index contributed by atoms with van der Waals surface area (Å²) < 4.78 is 0. The van der Waals surface area contributed by atoms with Crippen LogP contribution in [0.3, 0.4) is 0 Å². The molecule has 1 aliphatic rings. The van der Waals surface area contributed by atoms with Gasteiger partial charge in [-0.2, -0.15) is 0 Å². The van der Waals surface area contributed by atoms with Gasteiger partial charge in [0.2, 0.25) is 0 Å². The largest absolute Gasteiger partial charge is 0.396 e. The first-order valence-corrected chi connectivity index (χ1v) is 6.95. The lowest BCUT2D eigenvalue weighted by Crippen LogP contribution is -2.27. The average Bonchev–Trinajstić information content (AvgIpc) is 2.89. The number of aliphatic hydroxyl groups excluding tert-OH is 1. The average molecular weight is 262 g/mol. The second-order valence-electron chi connectivity index (χ2n) is 5.06. The van der Waals surface area contributed by atoms with Crippen LogP contribution >= 0.6 is 0 Å². The molecule has 0 fully saturated rings. The quantitative estimate of drug-likeness (QED) is 0.770. The zero-order chi connectivity index (χ0) is 13.7. The molecule has 1 aliphatic heterocycles. The first-order chi connectivity index (χ1) is 9.22. The molecule has 1 heterocycles. The Kier molecular flexibility index (Phi) is 4.80. The van der Waals surface area contributed by atoms with Crippen LogP contribution in [0.25, 0.3) is 0 Å². The van der Waals surface area contributed by atoms with Gasteiger partial charge in [-0.1, -0.05) is 6.07 Å². The molecular formula is C15H22N2O2. The van der Waals surface area contributed by atoms with Crippen LogP contribution in [-0.2, 0) is 6.42 Å². The number of anilines is 1. The molecule has 0 bridgehead atoms. The van der Waals surface area contributed by atoms with Gasteiger partial charge in [0.05, 0.1) is 0 Å². The van der Waals surface area contributed by atoms with Crippen LogP contribution in [0.2, 0.25) is 0 Å². The van der Waals surface area contributed by atoms with Crippen LogP contribution in [0.1, 0.15) is 35.2 Å². The first kappa shape index (κ1) is 13.9. The van der Waals surface area contributed by atoms with Gasteiger partial charge in [0.25, 0.3) is 5.91 Å². The molecule has 0 saturated carbocycles. The lowest BCUT2D eigenvalue weighted by atomic mass is 10.1. The summed E-state index contributed by atoms with van der Waals surface area (Å²) in [7, 11) is 1.84. The Morgan fingerprint density at radius 2 is 2.21 bits per heavy atom. The van der Waals surface area contributed by atoms with Crippen LogP contribution in [0, 0.1) is 0 Å². The maximum absolute atomic E-state index is 12.3. The van der Waals surface area contributed by atoms with Gasteiger partial charge < -0.3 is 15.3 Å². The predicted octanol–water partition coefficient (Wildman–Crippen LogP) is 1.89. The molecule has 0 aromatic heterocycles. The number of aliphatic hydroxyl groups is 1. The molecule has 4 nitrogen and oxygen atoms in total. The summed E-state index contributed by atoms with van der Waals surface area (Å²) in [6, 6.07) is 5.91. The third-order valence-corrected chi connectivity index (χ3v) is 3.56. The van der Waals surface area contributed by atoms with Crippen molar-refractivity contribution in [2.24, 2.45) is 0 Å². The molecule has 0 aliphatic carbocycles. The highest BCUT2D eigenvalue weighted by Gasteiger charge is 2.15. The lowest BCUT2D eigenvalue weighted by molar-refractivity contribution is 0.0792. The fraction of sp³-hybridized carbons (Fsp3) is 0.533. The van der Waals surface area contributed by atoms with E-state index in [1.165, 1.54) is 5.56 Å².